The van der Waals surface area contributed by atoms with Gasteiger partial charge in [0.2, 0.25) is 0 Å². The first-order valence-electron chi connectivity index (χ1n) is 8.96. The van der Waals surface area contributed by atoms with Crippen LogP contribution in [-0.2, 0) is 16.6 Å². The van der Waals surface area contributed by atoms with Crippen molar-refractivity contribution in [3.05, 3.63) is 94.5 Å². The SMILES string of the molecule is Cc1cccc(N(C)S(=O)(=O)c2cccc(C(=O)NCc3ccccc3Cl)c2)c1. The van der Waals surface area contributed by atoms with E-state index in [-0.39, 0.29) is 22.9 Å². The van der Waals surface area contributed by atoms with E-state index in [9.17, 15) is 13.2 Å². The van der Waals surface area contributed by atoms with Crippen LogP contribution in [0.3, 0.4) is 0 Å². The maximum atomic E-state index is 13.0. The van der Waals surface area contributed by atoms with Crippen LogP contribution < -0.4 is 9.62 Å². The minimum Gasteiger partial charge on any atom is -0.348 e. The number of hydrogen-bond acceptors (Lipinski definition) is 3. The third kappa shape index (κ3) is 4.78. The van der Waals surface area contributed by atoms with Gasteiger partial charge in [-0.25, -0.2) is 8.42 Å². The first-order valence-corrected chi connectivity index (χ1v) is 10.8. The molecule has 7 heteroatoms. The van der Waals surface area contributed by atoms with Gasteiger partial charge in [-0.2, -0.15) is 0 Å². The monoisotopic (exact) mass is 428 g/mol. The van der Waals surface area contributed by atoms with Gasteiger partial charge in [-0.1, -0.05) is 48.0 Å². The van der Waals surface area contributed by atoms with Crippen LogP contribution in [0.25, 0.3) is 0 Å². The Hall–Kier alpha value is -2.83. The highest BCUT2D eigenvalue weighted by Gasteiger charge is 2.22. The van der Waals surface area contributed by atoms with Crippen LogP contribution in [0.2, 0.25) is 5.02 Å². The van der Waals surface area contributed by atoms with Crippen molar-refractivity contribution >= 4 is 33.2 Å². The Morgan fingerprint density at radius 1 is 1.00 bits per heavy atom. The molecule has 0 heterocycles. The van der Waals surface area contributed by atoms with Crippen LogP contribution in [0.5, 0.6) is 0 Å². The first-order chi connectivity index (χ1) is 13.8. The number of halogens is 1. The van der Waals surface area contributed by atoms with Crippen LogP contribution in [0.15, 0.2) is 77.7 Å². The van der Waals surface area contributed by atoms with Crippen LogP contribution >= 0.6 is 11.6 Å². The Morgan fingerprint density at radius 3 is 2.45 bits per heavy atom. The molecule has 0 atom stereocenters. The molecule has 0 radical (unpaired) electrons. The average Bonchev–Trinajstić information content (AvgIpc) is 2.72. The highest BCUT2D eigenvalue weighted by atomic mass is 35.5. The van der Waals surface area contributed by atoms with E-state index in [0.717, 1.165) is 11.1 Å². The molecule has 0 aliphatic carbocycles. The van der Waals surface area contributed by atoms with Gasteiger partial charge < -0.3 is 5.32 Å². The van der Waals surface area contributed by atoms with Crippen LogP contribution in [0, 0.1) is 6.92 Å². The van der Waals surface area contributed by atoms with E-state index in [2.05, 4.69) is 5.32 Å². The van der Waals surface area contributed by atoms with Crippen LogP contribution in [-0.4, -0.2) is 21.4 Å². The number of carbonyl (C=O) groups is 1. The summed E-state index contributed by atoms with van der Waals surface area (Å²) in [5, 5.41) is 3.33. The zero-order valence-corrected chi connectivity index (χ0v) is 17.7. The van der Waals surface area contributed by atoms with Gasteiger partial charge in [0.15, 0.2) is 0 Å². The van der Waals surface area contributed by atoms with Crippen LogP contribution in [0.4, 0.5) is 5.69 Å². The maximum absolute atomic E-state index is 13.0. The number of rotatable bonds is 6. The number of sulfonamides is 1. The Labute approximate surface area is 176 Å². The minimum absolute atomic E-state index is 0.0481. The summed E-state index contributed by atoms with van der Waals surface area (Å²) in [7, 11) is -2.31. The van der Waals surface area contributed by atoms with E-state index in [1.807, 2.05) is 31.2 Å². The molecule has 0 saturated heterocycles. The lowest BCUT2D eigenvalue weighted by Crippen LogP contribution is -2.27. The third-order valence-corrected chi connectivity index (χ3v) is 6.67. The van der Waals surface area contributed by atoms with Gasteiger partial charge in [0, 0.05) is 24.2 Å². The Bertz CT molecular complexity index is 1150. The summed E-state index contributed by atoms with van der Waals surface area (Å²) < 4.78 is 27.2. The predicted octanol–water partition coefficient (Wildman–Crippen LogP) is 4.40. The first kappa shape index (κ1) is 20.9. The molecule has 0 saturated carbocycles. The molecule has 0 fully saturated rings. The summed E-state index contributed by atoms with van der Waals surface area (Å²) in [4.78, 5) is 12.6. The zero-order chi connectivity index (χ0) is 21.0. The van der Waals surface area contributed by atoms with Gasteiger partial charge in [0.25, 0.3) is 15.9 Å². The summed E-state index contributed by atoms with van der Waals surface area (Å²) >= 11 is 6.11. The van der Waals surface area contributed by atoms with Gasteiger partial charge in [-0.05, 0) is 54.4 Å². The van der Waals surface area contributed by atoms with Crippen molar-refractivity contribution in [2.75, 3.05) is 11.4 Å². The molecule has 29 heavy (non-hydrogen) atoms. The number of amides is 1. The lowest BCUT2D eigenvalue weighted by atomic mass is 10.2. The number of benzene rings is 3. The molecule has 0 aromatic heterocycles. The smallest absolute Gasteiger partial charge is 0.264 e. The van der Waals surface area contributed by atoms with E-state index in [1.165, 1.54) is 23.5 Å². The van der Waals surface area contributed by atoms with E-state index >= 15 is 0 Å². The second-order valence-corrected chi connectivity index (χ2v) is 8.99. The molecule has 5 nitrogen and oxygen atoms in total. The molecular weight excluding hydrogens is 408 g/mol. The van der Waals surface area contributed by atoms with E-state index in [1.54, 1.807) is 36.4 Å². The molecule has 1 N–H and O–H groups in total. The molecule has 3 aromatic carbocycles. The molecule has 0 aliphatic heterocycles. The quantitative estimate of drug-likeness (QED) is 0.632. The normalized spacial score (nSPS) is 11.1. The van der Waals surface area contributed by atoms with Gasteiger partial charge in [0.05, 0.1) is 10.6 Å². The topological polar surface area (TPSA) is 66.5 Å². The number of nitrogens with one attached hydrogen (secondary N) is 1. The van der Waals surface area contributed by atoms with Gasteiger partial charge >= 0.3 is 0 Å². The number of aryl methyl sites for hydroxylation is 1. The number of carbonyl (C=O) groups excluding carboxylic acids is 1. The zero-order valence-electron chi connectivity index (χ0n) is 16.1. The van der Waals surface area contributed by atoms with Gasteiger partial charge in [-0.3, -0.25) is 9.10 Å². The highest BCUT2D eigenvalue weighted by molar-refractivity contribution is 7.92. The maximum Gasteiger partial charge on any atom is 0.264 e. The van der Waals surface area contributed by atoms with E-state index in [4.69, 9.17) is 11.6 Å². The molecule has 1 amide bonds. The molecular formula is C22H21ClN2O3S. The lowest BCUT2D eigenvalue weighted by molar-refractivity contribution is 0.0950. The summed E-state index contributed by atoms with van der Waals surface area (Å²) in [6, 6.07) is 20.4. The van der Waals surface area contributed by atoms with Crippen molar-refractivity contribution in [3.63, 3.8) is 0 Å². The van der Waals surface area contributed by atoms with Crippen molar-refractivity contribution in [2.45, 2.75) is 18.4 Å². The molecule has 3 aromatic rings. The van der Waals surface area contributed by atoms with Crippen molar-refractivity contribution in [1.29, 1.82) is 0 Å². The fourth-order valence-corrected chi connectivity index (χ4v) is 4.27. The second kappa shape index (κ2) is 8.68. The summed E-state index contributed by atoms with van der Waals surface area (Å²) in [5.74, 6) is -0.375. The third-order valence-electron chi connectivity index (χ3n) is 4.52. The Balaban J connectivity index is 1.81. The molecule has 0 bridgehead atoms. The second-order valence-electron chi connectivity index (χ2n) is 6.61. The Morgan fingerprint density at radius 2 is 1.72 bits per heavy atom. The number of nitrogens with zero attached hydrogens (tertiary/aromatic N) is 1. The van der Waals surface area contributed by atoms with Crippen molar-refractivity contribution in [3.8, 4) is 0 Å². The highest BCUT2D eigenvalue weighted by Crippen LogP contribution is 2.23. The fourth-order valence-electron chi connectivity index (χ4n) is 2.84. The van der Waals surface area contributed by atoms with E-state index < -0.39 is 10.0 Å². The summed E-state index contributed by atoms with van der Waals surface area (Å²) in [6.45, 7) is 2.15. The summed E-state index contributed by atoms with van der Waals surface area (Å²) in [6.07, 6.45) is 0. The van der Waals surface area contributed by atoms with Crippen molar-refractivity contribution in [1.82, 2.24) is 5.32 Å². The van der Waals surface area contributed by atoms with Gasteiger partial charge in [0.1, 0.15) is 0 Å². The molecule has 3 rings (SSSR count). The van der Waals surface area contributed by atoms with Gasteiger partial charge in [-0.15, -0.1) is 0 Å². The molecule has 150 valence electrons. The predicted molar refractivity (Wildman–Crippen MR) is 116 cm³/mol. The number of anilines is 1. The number of hydrogen-bond donors (Lipinski definition) is 1. The summed E-state index contributed by atoms with van der Waals surface area (Å²) in [5.41, 5.74) is 2.55. The molecule has 0 aliphatic rings. The fraction of sp³-hybridized carbons (Fsp3) is 0.136. The van der Waals surface area contributed by atoms with Crippen molar-refractivity contribution in [2.24, 2.45) is 0 Å². The molecule has 0 unspecified atom stereocenters. The standard InChI is InChI=1S/C22H21ClN2O3S/c1-16-7-5-10-19(13-16)25(2)29(27,28)20-11-6-9-17(14-20)22(26)24-15-18-8-3-4-12-21(18)23/h3-14H,15H2,1-2H3,(H,24,26). The minimum atomic E-state index is -3.81. The lowest BCUT2D eigenvalue weighted by Gasteiger charge is -2.20. The molecule has 0 spiro atoms. The average molecular weight is 429 g/mol. The Kier molecular flexibility index (Phi) is 6.25. The van der Waals surface area contributed by atoms with E-state index in [0.29, 0.717) is 10.7 Å². The largest absolute Gasteiger partial charge is 0.348 e. The van der Waals surface area contributed by atoms with Crippen LogP contribution in [0.1, 0.15) is 21.5 Å². The van der Waals surface area contributed by atoms with Crippen molar-refractivity contribution < 1.29 is 13.2 Å².